The zero-order valence-corrected chi connectivity index (χ0v) is 13.9. The summed E-state index contributed by atoms with van der Waals surface area (Å²) in [5.74, 6) is 1.16. The van der Waals surface area contributed by atoms with Crippen LogP contribution < -0.4 is 0 Å². The Bertz CT molecular complexity index is 791. The molecule has 0 aliphatic carbocycles. The first-order chi connectivity index (χ1) is 11.9. The van der Waals surface area contributed by atoms with E-state index in [0.29, 0.717) is 0 Å². The van der Waals surface area contributed by atoms with Gasteiger partial charge in [0.05, 0.1) is 30.8 Å². The van der Waals surface area contributed by atoms with Gasteiger partial charge < -0.3 is 9.30 Å². The number of hydrogen-bond acceptors (Lipinski definition) is 3. The Morgan fingerprint density at radius 2 is 1.67 bits per heavy atom. The van der Waals surface area contributed by atoms with E-state index in [9.17, 15) is 0 Å². The van der Waals surface area contributed by atoms with Crippen molar-refractivity contribution in [2.45, 2.75) is 19.5 Å². The number of aryl methyl sites for hydroxylation is 2. The molecule has 0 N–H and O–H groups in total. The lowest BCUT2D eigenvalue weighted by Gasteiger charge is -2.26. The second-order valence-corrected chi connectivity index (χ2v) is 6.29. The summed E-state index contributed by atoms with van der Waals surface area (Å²) in [4.78, 5) is 7.33. The van der Waals surface area contributed by atoms with Gasteiger partial charge in [0.15, 0.2) is 0 Å². The second kappa shape index (κ2) is 7.16. The number of nitrogens with zero attached hydrogens (tertiary/aromatic N) is 3. The van der Waals surface area contributed by atoms with Crippen LogP contribution in [-0.4, -0.2) is 40.8 Å². The summed E-state index contributed by atoms with van der Waals surface area (Å²) in [6.07, 6.45) is 1.03. The molecule has 0 bridgehead atoms. The minimum absolute atomic E-state index is 0.824. The highest BCUT2D eigenvalue weighted by Gasteiger charge is 2.16. The highest BCUT2D eigenvalue weighted by Crippen LogP contribution is 2.18. The van der Waals surface area contributed by atoms with Gasteiger partial charge >= 0.3 is 0 Å². The van der Waals surface area contributed by atoms with Crippen molar-refractivity contribution < 1.29 is 4.74 Å². The van der Waals surface area contributed by atoms with Gasteiger partial charge in [0, 0.05) is 19.6 Å². The minimum atomic E-state index is 0.824. The van der Waals surface area contributed by atoms with Crippen LogP contribution in [0.25, 0.3) is 11.0 Å². The maximum absolute atomic E-state index is 5.46. The highest BCUT2D eigenvalue weighted by atomic mass is 16.5. The fourth-order valence-electron chi connectivity index (χ4n) is 3.34. The maximum Gasteiger partial charge on any atom is 0.124 e. The third-order valence-electron chi connectivity index (χ3n) is 4.67. The summed E-state index contributed by atoms with van der Waals surface area (Å²) >= 11 is 0. The molecule has 0 atom stereocenters. The van der Waals surface area contributed by atoms with Crippen molar-refractivity contribution in [2.75, 3.05) is 26.3 Å². The third-order valence-corrected chi connectivity index (χ3v) is 4.67. The van der Waals surface area contributed by atoms with Gasteiger partial charge in [-0.2, -0.15) is 0 Å². The lowest BCUT2D eigenvalue weighted by molar-refractivity contribution is 0.0326. The number of imidazole rings is 1. The molecule has 0 unspecified atom stereocenters. The van der Waals surface area contributed by atoms with Crippen LogP contribution in [0.2, 0.25) is 0 Å². The van der Waals surface area contributed by atoms with Crippen LogP contribution in [0.15, 0.2) is 54.6 Å². The first-order valence-electron chi connectivity index (χ1n) is 8.68. The topological polar surface area (TPSA) is 30.3 Å². The standard InChI is InChI=1S/C20H23N3O/c1-2-6-17(7-3-1)10-11-23-19-9-5-4-8-18(19)21-20(23)16-22-12-14-24-15-13-22/h1-9H,10-16H2. The Kier molecular flexibility index (Phi) is 4.58. The number of fused-ring (bicyclic) bond motifs is 1. The Balaban J connectivity index is 1.59. The summed E-state index contributed by atoms with van der Waals surface area (Å²) in [6, 6.07) is 19.1. The molecule has 0 radical (unpaired) electrons. The molecular formula is C20H23N3O. The van der Waals surface area contributed by atoms with Gasteiger partial charge in [0.1, 0.15) is 5.82 Å². The van der Waals surface area contributed by atoms with Gasteiger partial charge in [0.25, 0.3) is 0 Å². The zero-order valence-electron chi connectivity index (χ0n) is 13.9. The number of aromatic nitrogens is 2. The molecule has 4 heteroatoms. The lowest BCUT2D eigenvalue weighted by atomic mass is 10.1. The predicted octanol–water partition coefficient (Wildman–Crippen LogP) is 3.11. The largest absolute Gasteiger partial charge is 0.379 e. The molecule has 3 aromatic rings. The van der Waals surface area contributed by atoms with E-state index in [1.54, 1.807) is 0 Å². The average molecular weight is 321 g/mol. The molecule has 0 amide bonds. The summed E-state index contributed by atoms with van der Waals surface area (Å²) in [5, 5.41) is 0. The number of rotatable bonds is 5. The molecule has 1 aliphatic heterocycles. The van der Waals surface area contributed by atoms with Gasteiger partial charge in [0.2, 0.25) is 0 Å². The Morgan fingerprint density at radius 1 is 0.917 bits per heavy atom. The van der Waals surface area contributed by atoms with Gasteiger partial charge in [-0.25, -0.2) is 4.98 Å². The molecule has 24 heavy (non-hydrogen) atoms. The van der Waals surface area contributed by atoms with E-state index in [-0.39, 0.29) is 0 Å². The molecule has 4 rings (SSSR count). The first kappa shape index (κ1) is 15.4. The lowest BCUT2D eigenvalue weighted by Crippen LogP contribution is -2.36. The van der Waals surface area contributed by atoms with Crippen molar-refractivity contribution in [3.05, 3.63) is 66.0 Å². The quantitative estimate of drug-likeness (QED) is 0.723. The first-order valence-corrected chi connectivity index (χ1v) is 8.68. The molecule has 1 aromatic heterocycles. The van der Waals surface area contributed by atoms with E-state index < -0.39 is 0 Å². The summed E-state index contributed by atoms with van der Waals surface area (Å²) < 4.78 is 7.85. The molecule has 0 spiro atoms. The van der Waals surface area contributed by atoms with Crippen LogP contribution in [0.5, 0.6) is 0 Å². The Morgan fingerprint density at radius 3 is 2.50 bits per heavy atom. The number of hydrogen-bond donors (Lipinski definition) is 0. The van der Waals surface area contributed by atoms with Crippen LogP contribution in [0.1, 0.15) is 11.4 Å². The molecule has 124 valence electrons. The molecule has 2 heterocycles. The molecular weight excluding hydrogens is 298 g/mol. The Labute approximate surface area is 142 Å². The summed E-state index contributed by atoms with van der Waals surface area (Å²) in [6.45, 7) is 5.48. The summed E-state index contributed by atoms with van der Waals surface area (Å²) in [7, 11) is 0. The predicted molar refractivity (Wildman–Crippen MR) is 96.0 cm³/mol. The van der Waals surface area contributed by atoms with Gasteiger partial charge in [-0.1, -0.05) is 42.5 Å². The van der Waals surface area contributed by atoms with E-state index in [1.807, 2.05) is 0 Å². The molecule has 1 fully saturated rings. The number of benzene rings is 2. The van der Waals surface area contributed by atoms with Crippen molar-refractivity contribution in [1.29, 1.82) is 0 Å². The molecule has 4 nitrogen and oxygen atoms in total. The van der Waals surface area contributed by atoms with Crippen molar-refractivity contribution in [3.63, 3.8) is 0 Å². The van der Waals surface area contributed by atoms with E-state index >= 15 is 0 Å². The van der Waals surface area contributed by atoms with E-state index in [0.717, 1.165) is 57.2 Å². The van der Waals surface area contributed by atoms with E-state index in [4.69, 9.17) is 9.72 Å². The molecule has 0 saturated carbocycles. The van der Waals surface area contributed by atoms with Crippen LogP contribution in [0.3, 0.4) is 0 Å². The number of para-hydroxylation sites is 2. The van der Waals surface area contributed by atoms with E-state index in [1.165, 1.54) is 11.1 Å². The third kappa shape index (κ3) is 3.35. The van der Waals surface area contributed by atoms with Gasteiger partial charge in [-0.15, -0.1) is 0 Å². The normalized spacial score (nSPS) is 15.8. The van der Waals surface area contributed by atoms with Crippen LogP contribution in [0, 0.1) is 0 Å². The maximum atomic E-state index is 5.46. The van der Waals surface area contributed by atoms with Gasteiger partial charge in [-0.05, 0) is 24.1 Å². The summed E-state index contributed by atoms with van der Waals surface area (Å²) in [5.41, 5.74) is 3.69. The fourth-order valence-corrected chi connectivity index (χ4v) is 3.34. The van der Waals surface area contributed by atoms with Gasteiger partial charge in [-0.3, -0.25) is 4.90 Å². The van der Waals surface area contributed by atoms with Crippen molar-refractivity contribution in [3.8, 4) is 0 Å². The fraction of sp³-hybridized carbons (Fsp3) is 0.350. The average Bonchev–Trinajstić information content (AvgIpc) is 2.99. The van der Waals surface area contributed by atoms with Crippen LogP contribution >= 0.6 is 0 Å². The monoisotopic (exact) mass is 321 g/mol. The number of morpholine rings is 1. The van der Waals surface area contributed by atoms with Crippen LogP contribution in [-0.2, 0) is 24.2 Å². The second-order valence-electron chi connectivity index (χ2n) is 6.29. The molecule has 2 aromatic carbocycles. The van der Waals surface area contributed by atoms with Crippen LogP contribution in [0.4, 0.5) is 0 Å². The van der Waals surface area contributed by atoms with Crippen molar-refractivity contribution >= 4 is 11.0 Å². The minimum Gasteiger partial charge on any atom is -0.379 e. The SMILES string of the molecule is c1ccc(CCn2c(CN3CCOCC3)nc3ccccc32)cc1. The highest BCUT2D eigenvalue weighted by molar-refractivity contribution is 5.75. The molecule has 1 aliphatic rings. The van der Waals surface area contributed by atoms with Crippen molar-refractivity contribution in [2.24, 2.45) is 0 Å². The van der Waals surface area contributed by atoms with E-state index in [2.05, 4.69) is 64.1 Å². The number of ether oxygens (including phenoxy) is 1. The zero-order chi connectivity index (χ0) is 16.2. The Hall–Kier alpha value is -2.17. The smallest absolute Gasteiger partial charge is 0.124 e. The van der Waals surface area contributed by atoms with Crippen molar-refractivity contribution in [1.82, 2.24) is 14.5 Å². The molecule has 1 saturated heterocycles.